The maximum atomic E-state index is 9.11. The monoisotopic (exact) mass is 294 g/mol. The van der Waals surface area contributed by atoms with Crippen molar-refractivity contribution >= 4 is 22.3 Å². The van der Waals surface area contributed by atoms with Crippen LogP contribution < -0.4 is 5.32 Å². The summed E-state index contributed by atoms with van der Waals surface area (Å²) in [6, 6.07) is 7.91. The van der Waals surface area contributed by atoms with Crippen LogP contribution in [0.5, 0.6) is 0 Å². The first-order chi connectivity index (χ1) is 10.8. The molecular weight excluding hydrogens is 280 g/mol. The molecule has 0 amide bonds. The van der Waals surface area contributed by atoms with Crippen molar-refractivity contribution < 1.29 is 0 Å². The molecule has 2 heterocycles. The van der Waals surface area contributed by atoms with Crippen molar-refractivity contribution in [1.29, 1.82) is 5.26 Å². The lowest BCUT2D eigenvalue weighted by atomic mass is 10.2. The summed E-state index contributed by atoms with van der Waals surface area (Å²) in [5.41, 5.74) is 3.14. The Labute approximate surface area is 126 Å². The summed E-state index contributed by atoms with van der Waals surface area (Å²) in [6.45, 7) is 3.08. The third-order valence-electron chi connectivity index (χ3n) is 3.18. The minimum absolute atomic E-state index is 0.253. The van der Waals surface area contributed by atoms with Crippen LogP contribution in [0.25, 0.3) is 16.6 Å². The Balaban J connectivity index is 1.84. The highest BCUT2D eigenvalue weighted by molar-refractivity contribution is 5.81. The summed E-state index contributed by atoms with van der Waals surface area (Å²) in [5, 5.41) is 25.5. The molecule has 0 saturated heterocycles. The maximum Gasteiger partial charge on any atom is 0.216 e. The lowest BCUT2D eigenvalue weighted by Gasteiger charge is -2.03. The number of aromatic nitrogens is 6. The second-order valence-corrected chi connectivity index (χ2v) is 4.69. The van der Waals surface area contributed by atoms with Crippen LogP contribution in [-0.4, -0.2) is 30.2 Å². The molecule has 8 nitrogen and oxygen atoms in total. The van der Waals surface area contributed by atoms with Crippen molar-refractivity contribution in [2.75, 3.05) is 5.32 Å². The van der Waals surface area contributed by atoms with Crippen molar-refractivity contribution in [2.24, 2.45) is 0 Å². The Hall–Kier alpha value is -3.21. The Morgan fingerprint density at radius 2 is 2.41 bits per heavy atom. The first kappa shape index (κ1) is 13.8. The quantitative estimate of drug-likeness (QED) is 0.696. The van der Waals surface area contributed by atoms with E-state index in [4.69, 9.17) is 5.26 Å². The van der Waals surface area contributed by atoms with Crippen molar-refractivity contribution in [3.63, 3.8) is 0 Å². The summed E-state index contributed by atoms with van der Waals surface area (Å²) in [5.74, 6) is 0.253. The molecule has 1 aromatic carbocycles. The topological polar surface area (TPSA) is 108 Å². The van der Waals surface area contributed by atoms with Crippen LogP contribution in [-0.2, 0) is 6.54 Å². The molecule has 0 radical (unpaired) electrons. The number of aryl methyl sites for hydroxylation is 1. The number of nitrogens with one attached hydrogen (secondary N) is 2. The molecular formula is C14H14N8. The molecule has 3 rings (SSSR count). The van der Waals surface area contributed by atoms with Gasteiger partial charge in [0.15, 0.2) is 0 Å². The van der Waals surface area contributed by atoms with Gasteiger partial charge in [-0.1, -0.05) is 6.92 Å². The number of anilines is 1. The van der Waals surface area contributed by atoms with Gasteiger partial charge in [-0.2, -0.15) is 10.5 Å². The van der Waals surface area contributed by atoms with E-state index < -0.39 is 0 Å². The van der Waals surface area contributed by atoms with E-state index in [1.807, 2.05) is 30.6 Å². The molecule has 0 saturated carbocycles. The number of benzene rings is 1. The van der Waals surface area contributed by atoms with Crippen LogP contribution >= 0.6 is 0 Å². The second-order valence-electron chi connectivity index (χ2n) is 4.69. The molecule has 2 N–H and O–H groups in total. The highest BCUT2D eigenvalue weighted by atomic mass is 15.5. The minimum Gasteiger partial charge on any atom is -0.360 e. The molecule has 110 valence electrons. The molecule has 0 aliphatic heterocycles. The van der Waals surface area contributed by atoms with Crippen LogP contribution in [0.2, 0.25) is 0 Å². The predicted molar refractivity (Wildman–Crippen MR) is 81.4 cm³/mol. The fraction of sp³-hybridized carbons (Fsp3) is 0.214. The molecule has 8 heteroatoms. The van der Waals surface area contributed by atoms with Gasteiger partial charge >= 0.3 is 0 Å². The van der Waals surface area contributed by atoms with Crippen LogP contribution in [0.1, 0.15) is 19.2 Å². The van der Waals surface area contributed by atoms with E-state index >= 15 is 0 Å². The Morgan fingerprint density at radius 3 is 3.14 bits per heavy atom. The van der Waals surface area contributed by atoms with Gasteiger partial charge in [0.05, 0.1) is 17.4 Å². The zero-order valence-corrected chi connectivity index (χ0v) is 12.0. The van der Waals surface area contributed by atoms with E-state index in [-0.39, 0.29) is 5.82 Å². The highest BCUT2D eigenvalue weighted by Crippen LogP contribution is 2.19. The SMILES string of the molecule is CCCn1cnc2cc(NC=C(C#N)c3nn[nH]n3)ccc21. The molecule has 0 aliphatic rings. The Kier molecular flexibility index (Phi) is 3.78. The van der Waals surface area contributed by atoms with Crippen LogP contribution in [0.3, 0.4) is 0 Å². The number of hydrogen-bond donors (Lipinski definition) is 2. The lowest BCUT2D eigenvalue weighted by molar-refractivity contribution is 0.697. The van der Waals surface area contributed by atoms with Gasteiger partial charge in [-0.05, 0) is 29.8 Å². The van der Waals surface area contributed by atoms with E-state index in [0.29, 0.717) is 5.57 Å². The number of allylic oxidation sites excluding steroid dienone is 1. The molecule has 0 unspecified atom stereocenters. The van der Waals surface area contributed by atoms with E-state index in [2.05, 4.69) is 42.4 Å². The van der Waals surface area contributed by atoms with Gasteiger partial charge in [0.1, 0.15) is 11.6 Å². The third-order valence-corrected chi connectivity index (χ3v) is 3.18. The summed E-state index contributed by atoms with van der Waals surface area (Å²) in [6.07, 6.45) is 4.45. The van der Waals surface area contributed by atoms with Gasteiger partial charge in [0, 0.05) is 18.4 Å². The fourth-order valence-corrected chi connectivity index (χ4v) is 2.15. The van der Waals surface area contributed by atoms with Gasteiger partial charge in [0.25, 0.3) is 0 Å². The zero-order chi connectivity index (χ0) is 15.4. The van der Waals surface area contributed by atoms with Gasteiger partial charge in [-0.15, -0.1) is 10.2 Å². The minimum atomic E-state index is 0.253. The van der Waals surface area contributed by atoms with E-state index in [9.17, 15) is 0 Å². The van der Waals surface area contributed by atoms with E-state index in [0.717, 1.165) is 29.7 Å². The molecule has 0 spiro atoms. The number of imidazole rings is 1. The lowest BCUT2D eigenvalue weighted by Crippen LogP contribution is -1.95. The molecule has 0 fully saturated rings. The number of H-pyrrole nitrogens is 1. The molecule has 0 atom stereocenters. The average molecular weight is 294 g/mol. The fourth-order valence-electron chi connectivity index (χ4n) is 2.15. The average Bonchev–Trinajstić information content (AvgIpc) is 3.19. The number of rotatable bonds is 5. The second kappa shape index (κ2) is 6.05. The number of nitrogens with zero attached hydrogens (tertiary/aromatic N) is 6. The zero-order valence-electron chi connectivity index (χ0n) is 12.0. The van der Waals surface area contributed by atoms with Gasteiger partial charge in [-0.3, -0.25) is 0 Å². The summed E-state index contributed by atoms with van der Waals surface area (Å²) in [7, 11) is 0. The van der Waals surface area contributed by atoms with E-state index in [1.54, 1.807) is 6.20 Å². The highest BCUT2D eigenvalue weighted by Gasteiger charge is 2.06. The Morgan fingerprint density at radius 1 is 1.50 bits per heavy atom. The standard InChI is InChI=1S/C14H14N8/c1-2-5-22-9-17-12-6-11(3-4-13(12)22)16-8-10(7-15)14-18-20-21-19-14/h3-4,6,8-9,16H,2,5H2,1H3,(H,18,19,20,21). The number of tetrazole rings is 1. The first-order valence-electron chi connectivity index (χ1n) is 6.87. The molecule has 3 aromatic rings. The molecule has 0 aliphatic carbocycles. The predicted octanol–water partition coefficient (Wildman–Crippen LogP) is 1.94. The smallest absolute Gasteiger partial charge is 0.216 e. The van der Waals surface area contributed by atoms with Gasteiger partial charge < -0.3 is 9.88 Å². The third kappa shape index (κ3) is 2.64. The van der Waals surface area contributed by atoms with E-state index in [1.165, 1.54) is 0 Å². The van der Waals surface area contributed by atoms with Gasteiger partial charge in [-0.25, -0.2) is 4.98 Å². The van der Waals surface area contributed by atoms with Crippen molar-refractivity contribution in [2.45, 2.75) is 19.9 Å². The number of fused-ring (bicyclic) bond motifs is 1. The van der Waals surface area contributed by atoms with Gasteiger partial charge in [0.2, 0.25) is 5.82 Å². The van der Waals surface area contributed by atoms with Crippen LogP contribution in [0, 0.1) is 11.3 Å². The summed E-state index contributed by atoms with van der Waals surface area (Å²) >= 11 is 0. The van der Waals surface area contributed by atoms with Crippen molar-refractivity contribution in [3.8, 4) is 6.07 Å². The maximum absolute atomic E-state index is 9.11. The molecule has 0 bridgehead atoms. The van der Waals surface area contributed by atoms with Crippen molar-refractivity contribution in [3.05, 3.63) is 36.6 Å². The molecule has 2 aromatic heterocycles. The number of hydrogen-bond acceptors (Lipinski definition) is 6. The number of nitriles is 1. The van der Waals surface area contributed by atoms with Crippen LogP contribution in [0.15, 0.2) is 30.7 Å². The summed E-state index contributed by atoms with van der Waals surface area (Å²) < 4.78 is 2.12. The summed E-state index contributed by atoms with van der Waals surface area (Å²) in [4.78, 5) is 4.39. The normalized spacial score (nSPS) is 11.5. The van der Waals surface area contributed by atoms with Crippen molar-refractivity contribution in [1.82, 2.24) is 30.2 Å². The molecule has 22 heavy (non-hydrogen) atoms. The number of aromatic amines is 1. The van der Waals surface area contributed by atoms with Crippen LogP contribution in [0.4, 0.5) is 5.69 Å². The first-order valence-corrected chi connectivity index (χ1v) is 6.87. The Bertz CT molecular complexity index is 837. The largest absolute Gasteiger partial charge is 0.360 e.